The summed E-state index contributed by atoms with van der Waals surface area (Å²) >= 11 is 0. The third-order valence-electron chi connectivity index (χ3n) is 9.57. The Morgan fingerprint density at radius 3 is 1.44 bits per heavy atom. The van der Waals surface area contributed by atoms with Crippen LogP contribution in [0.2, 0.25) is 0 Å². The first kappa shape index (κ1) is 28.8. The molecule has 9 rings (SSSR count). The molecule has 0 N–H and O–H groups in total. The maximum absolute atomic E-state index is 9.73. The number of rotatable bonds is 4. The van der Waals surface area contributed by atoms with E-state index in [9.17, 15) is 15.8 Å². The number of nitrogens with zero attached hydrogens (tertiary/aromatic N) is 5. The average molecular weight is 636 g/mol. The van der Waals surface area contributed by atoms with Crippen LogP contribution in [0.4, 0.5) is 0 Å². The van der Waals surface area contributed by atoms with Crippen molar-refractivity contribution in [3.05, 3.63) is 168 Å². The summed E-state index contributed by atoms with van der Waals surface area (Å²) in [6, 6.07) is 58.1. The molecule has 0 unspecified atom stereocenters. The zero-order chi connectivity index (χ0) is 33.8. The van der Waals surface area contributed by atoms with E-state index in [-0.39, 0.29) is 0 Å². The first-order valence-electron chi connectivity index (χ1n) is 16.3. The van der Waals surface area contributed by atoms with Crippen molar-refractivity contribution in [2.75, 3.05) is 0 Å². The van der Waals surface area contributed by atoms with Crippen LogP contribution in [0, 0.1) is 34.0 Å². The summed E-state index contributed by atoms with van der Waals surface area (Å²) < 4.78 is 4.53. The van der Waals surface area contributed by atoms with Crippen molar-refractivity contribution in [1.29, 1.82) is 15.8 Å². The number of benzene rings is 7. The van der Waals surface area contributed by atoms with Crippen molar-refractivity contribution in [3.8, 4) is 51.8 Å². The van der Waals surface area contributed by atoms with Crippen molar-refractivity contribution in [2.24, 2.45) is 0 Å². The van der Waals surface area contributed by atoms with Crippen molar-refractivity contribution in [1.82, 2.24) is 9.13 Å². The molecule has 5 nitrogen and oxygen atoms in total. The van der Waals surface area contributed by atoms with Gasteiger partial charge in [-0.1, -0.05) is 54.6 Å². The highest BCUT2D eigenvalue weighted by atomic mass is 15.0. The summed E-state index contributed by atoms with van der Waals surface area (Å²) in [6.45, 7) is 0. The number of aromatic nitrogens is 2. The third-order valence-corrected chi connectivity index (χ3v) is 9.57. The van der Waals surface area contributed by atoms with Gasteiger partial charge >= 0.3 is 0 Å². The minimum Gasteiger partial charge on any atom is -0.309 e. The maximum Gasteiger partial charge on any atom is 0.0991 e. The molecular weight excluding hydrogens is 611 g/mol. The van der Waals surface area contributed by atoms with Crippen molar-refractivity contribution in [3.63, 3.8) is 0 Å². The summed E-state index contributed by atoms with van der Waals surface area (Å²) in [5.74, 6) is 0. The van der Waals surface area contributed by atoms with Gasteiger partial charge in [0.2, 0.25) is 0 Å². The highest BCUT2D eigenvalue weighted by molar-refractivity contribution is 6.11. The topological polar surface area (TPSA) is 81.2 Å². The number of hydrogen-bond donors (Lipinski definition) is 0. The Balaban J connectivity index is 1.32. The Labute approximate surface area is 287 Å². The van der Waals surface area contributed by atoms with E-state index in [1.54, 1.807) is 0 Å². The van der Waals surface area contributed by atoms with Gasteiger partial charge in [-0.2, -0.15) is 15.8 Å². The van der Waals surface area contributed by atoms with Crippen molar-refractivity contribution < 1.29 is 0 Å². The lowest BCUT2D eigenvalue weighted by Gasteiger charge is -2.14. The van der Waals surface area contributed by atoms with Crippen LogP contribution in [0.15, 0.2) is 152 Å². The molecule has 230 valence electrons. The Bertz CT molecular complexity index is 2870. The largest absolute Gasteiger partial charge is 0.309 e. The lowest BCUT2D eigenvalue weighted by molar-refractivity contribution is 1.18. The van der Waals surface area contributed by atoms with Crippen LogP contribution in [0.5, 0.6) is 0 Å². The predicted molar refractivity (Wildman–Crippen MR) is 200 cm³/mol. The summed E-state index contributed by atoms with van der Waals surface area (Å²) in [6.07, 6.45) is 0. The van der Waals surface area contributed by atoms with Crippen LogP contribution in [0.25, 0.3) is 77.2 Å². The molecule has 0 saturated heterocycles. The SMILES string of the molecule is N#Cc1ccc(-c2cc(-c3ccc4c(c3)c3ccccc3n4-c3ccccc3)cc(-n3c4ccc(C#N)cc4c4cc(C#N)ccc43)c2)cc1. The van der Waals surface area contributed by atoms with Gasteiger partial charge < -0.3 is 9.13 Å². The molecule has 0 aliphatic rings. The predicted octanol–water partition coefficient (Wildman–Crippen LogP) is 10.8. The zero-order valence-electron chi connectivity index (χ0n) is 26.7. The highest BCUT2D eigenvalue weighted by Crippen LogP contribution is 2.39. The minimum absolute atomic E-state index is 0.564. The van der Waals surface area contributed by atoms with Crippen LogP contribution in [-0.4, -0.2) is 9.13 Å². The second-order valence-corrected chi connectivity index (χ2v) is 12.4. The fourth-order valence-electron chi connectivity index (χ4n) is 7.26. The molecule has 0 amide bonds. The molecule has 0 saturated carbocycles. The molecular formula is C45H25N5. The highest BCUT2D eigenvalue weighted by Gasteiger charge is 2.18. The molecule has 0 spiro atoms. The Hall–Kier alpha value is -7.39. The van der Waals surface area contributed by atoms with Gasteiger partial charge in [0.15, 0.2) is 0 Å². The molecule has 5 heteroatoms. The van der Waals surface area contributed by atoms with Gasteiger partial charge in [-0.05, 0) is 119 Å². The molecule has 0 aliphatic heterocycles. The first-order chi connectivity index (χ1) is 24.6. The van der Waals surface area contributed by atoms with E-state index in [1.165, 1.54) is 5.39 Å². The molecule has 50 heavy (non-hydrogen) atoms. The number of para-hydroxylation sites is 2. The van der Waals surface area contributed by atoms with E-state index in [2.05, 4.69) is 112 Å². The lowest BCUT2D eigenvalue weighted by Crippen LogP contribution is -1.96. The van der Waals surface area contributed by atoms with Crippen LogP contribution < -0.4 is 0 Å². The van der Waals surface area contributed by atoms with E-state index in [0.29, 0.717) is 16.7 Å². The first-order valence-corrected chi connectivity index (χ1v) is 16.3. The molecule has 2 heterocycles. The van der Waals surface area contributed by atoms with Crippen LogP contribution >= 0.6 is 0 Å². The van der Waals surface area contributed by atoms with Crippen LogP contribution in [0.1, 0.15) is 16.7 Å². The van der Waals surface area contributed by atoms with Crippen LogP contribution in [0.3, 0.4) is 0 Å². The second-order valence-electron chi connectivity index (χ2n) is 12.4. The van der Waals surface area contributed by atoms with Gasteiger partial charge in [0.1, 0.15) is 0 Å². The van der Waals surface area contributed by atoms with E-state index in [1.807, 2.05) is 66.7 Å². The number of nitriles is 3. The summed E-state index contributed by atoms with van der Waals surface area (Å²) in [5.41, 5.74) is 12.1. The molecule has 0 radical (unpaired) electrons. The van der Waals surface area contributed by atoms with Gasteiger partial charge in [-0.25, -0.2) is 0 Å². The van der Waals surface area contributed by atoms with E-state index < -0.39 is 0 Å². The molecule has 0 aliphatic carbocycles. The summed E-state index contributed by atoms with van der Waals surface area (Å²) in [7, 11) is 0. The molecule has 7 aromatic carbocycles. The molecule has 2 aromatic heterocycles. The van der Waals surface area contributed by atoms with E-state index in [0.717, 1.165) is 71.9 Å². The minimum atomic E-state index is 0.564. The van der Waals surface area contributed by atoms with Crippen molar-refractivity contribution >= 4 is 43.6 Å². The van der Waals surface area contributed by atoms with E-state index in [4.69, 9.17) is 0 Å². The van der Waals surface area contributed by atoms with Gasteiger partial charge in [0.05, 0.1) is 57.0 Å². The second kappa shape index (κ2) is 11.4. The third kappa shape index (κ3) is 4.53. The summed E-state index contributed by atoms with van der Waals surface area (Å²) in [4.78, 5) is 0. The Morgan fingerprint density at radius 2 is 0.800 bits per heavy atom. The van der Waals surface area contributed by atoms with Gasteiger partial charge in [0.25, 0.3) is 0 Å². The number of hydrogen-bond acceptors (Lipinski definition) is 3. The van der Waals surface area contributed by atoms with Gasteiger partial charge in [-0.15, -0.1) is 0 Å². The lowest BCUT2D eigenvalue weighted by atomic mass is 9.96. The maximum atomic E-state index is 9.73. The molecule has 0 bridgehead atoms. The van der Waals surface area contributed by atoms with Crippen molar-refractivity contribution in [2.45, 2.75) is 0 Å². The smallest absolute Gasteiger partial charge is 0.0991 e. The normalized spacial score (nSPS) is 11.1. The van der Waals surface area contributed by atoms with Gasteiger partial charge in [0, 0.05) is 32.9 Å². The molecule has 0 fully saturated rings. The average Bonchev–Trinajstić information content (AvgIpc) is 3.69. The summed E-state index contributed by atoms with van der Waals surface area (Å²) in [5, 5.41) is 33.1. The quantitative estimate of drug-likeness (QED) is 0.193. The van der Waals surface area contributed by atoms with E-state index >= 15 is 0 Å². The van der Waals surface area contributed by atoms with Gasteiger partial charge in [-0.3, -0.25) is 0 Å². The Kier molecular flexibility index (Phi) is 6.56. The molecule has 9 aromatic rings. The zero-order valence-corrected chi connectivity index (χ0v) is 26.7. The fraction of sp³-hybridized carbons (Fsp3) is 0. The fourth-order valence-corrected chi connectivity index (χ4v) is 7.26. The Morgan fingerprint density at radius 1 is 0.320 bits per heavy atom. The monoisotopic (exact) mass is 635 g/mol. The molecule has 0 atom stereocenters. The standard InChI is InChI=1S/C45H25N5/c46-26-29-10-14-32(15-11-29)34-22-35(33-16-19-45-41(25-33)38-8-4-5-9-42(38)49(45)36-6-2-1-3-7-36)24-37(23-34)50-43-17-12-30(27-47)20-39(43)40-21-31(28-48)13-18-44(40)50/h1-25H. The number of fused-ring (bicyclic) bond motifs is 6. The van der Waals surface area contributed by atoms with Crippen LogP contribution in [-0.2, 0) is 0 Å².